The largest absolute Gasteiger partial charge is 0.465 e. The Balaban J connectivity index is 2.08. The van der Waals surface area contributed by atoms with Crippen LogP contribution in [0.25, 0.3) is 0 Å². The number of anilines is 1. The van der Waals surface area contributed by atoms with Crippen LogP contribution in [-0.2, 0) is 19.9 Å². The number of hydrogen-bond acceptors (Lipinski definition) is 5. The smallest absolute Gasteiger partial charge is 0.330 e. The number of likely N-dealkylation sites (tertiary alicyclic amines) is 1. The summed E-state index contributed by atoms with van der Waals surface area (Å²) in [6.45, 7) is 5.85. The second-order valence-electron chi connectivity index (χ2n) is 8.42. The zero-order valence-corrected chi connectivity index (χ0v) is 19.8. The standard InChI is InChI=1S/C24H23Cl2N3O3/c1-5-32-22(31)23(12-27)17(15-6-7-18(25)19(26)10-15)11-29(4)24(23)16-9-13(2)8-14(3)20(16)28-21(24)30/h6-10,17H,5,11H2,1-4H3,(H,28,30)/t17-,23+,24+/m1/s1. The average Bonchev–Trinajstić information content (AvgIpc) is 3.19. The van der Waals surface area contributed by atoms with Crippen LogP contribution in [0.4, 0.5) is 5.69 Å². The number of halogens is 2. The number of ether oxygens (including phenoxy) is 1. The Morgan fingerprint density at radius 3 is 2.62 bits per heavy atom. The predicted octanol–water partition coefficient (Wildman–Crippen LogP) is 4.56. The van der Waals surface area contributed by atoms with Gasteiger partial charge in [0.1, 0.15) is 0 Å². The Morgan fingerprint density at radius 2 is 2.00 bits per heavy atom. The molecular formula is C24H23Cl2N3O3. The number of hydrogen-bond donors (Lipinski definition) is 1. The summed E-state index contributed by atoms with van der Waals surface area (Å²) >= 11 is 12.4. The van der Waals surface area contributed by atoms with Gasteiger partial charge in [-0.3, -0.25) is 14.5 Å². The van der Waals surface area contributed by atoms with Crippen LogP contribution in [0, 0.1) is 30.6 Å². The zero-order chi connectivity index (χ0) is 23.4. The molecule has 4 rings (SSSR count). The molecule has 1 N–H and O–H groups in total. The van der Waals surface area contributed by atoms with Crippen molar-refractivity contribution in [1.82, 2.24) is 4.90 Å². The molecule has 1 saturated heterocycles. The number of rotatable bonds is 3. The molecule has 1 amide bonds. The van der Waals surface area contributed by atoms with Crippen molar-refractivity contribution in [2.75, 3.05) is 25.5 Å². The Morgan fingerprint density at radius 1 is 1.28 bits per heavy atom. The molecule has 2 aliphatic rings. The van der Waals surface area contributed by atoms with Crippen molar-refractivity contribution in [3.63, 3.8) is 0 Å². The van der Waals surface area contributed by atoms with Crippen LogP contribution < -0.4 is 5.32 Å². The van der Waals surface area contributed by atoms with Crippen molar-refractivity contribution >= 4 is 40.8 Å². The molecular weight excluding hydrogens is 449 g/mol. The number of aryl methyl sites for hydroxylation is 2. The molecule has 2 aromatic carbocycles. The summed E-state index contributed by atoms with van der Waals surface area (Å²) in [5, 5.41) is 14.3. The van der Waals surface area contributed by atoms with Crippen molar-refractivity contribution in [3.8, 4) is 6.07 Å². The van der Waals surface area contributed by atoms with E-state index in [1.54, 1.807) is 37.1 Å². The van der Waals surface area contributed by atoms with E-state index in [9.17, 15) is 14.9 Å². The normalized spacial score (nSPS) is 26.7. The summed E-state index contributed by atoms with van der Waals surface area (Å²) < 4.78 is 5.46. The Labute approximate surface area is 197 Å². The minimum absolute atomic E-state index is 0.0808. The molecule has 0 unspecified atom stereocenters. The molecule has 2 heterocycles. The van der Waals surface area contributed by atoms with Gasteiger partial charge >= 0.3 is 5.97 Å². The zero-order valence-electron chi connectivity index (χ0n) is 18.3. The summed E-state index contributed by atoms with van der Waals surface area (Å²) in [5.41, 5.74) is 0.280. The average molecular weight is 472 g/mol. The third-order valence-electron chi connectivity index (χ3n) is 6.68. The molecule has 32 heavy (non-hydrogen) atoms. The number of carbonyl (C=O) groups excluding carboxylic acids is 2. The number of nitrogens with zero attached hydrogens (tertiary/aromatic N) is 2. The number of carbonyl (C=O) groups is 2. The minimum Gasteiger partial charge on any atom is -0.465 e. The summed E-state index contributed by atoms with van der Waals surface area (Å²) in [6, 6.07) is 11.1. The molecule has 166 valence electrons. The fourth-order valence-corrected chi connectivity index (χ4v) is 5.75. The van der Waals surface area contributed by atoms with E-state index in [1.165, 1.54) is 0 Å². The van der Waals surface area contributed by atoms with Gasteiger partial charge in [0.05, 0.1) is 22.7 Å². The molecule has 0 bridgehead atoms. The van der Waals surface area contributed by atoms with E-state index in [-0.39, 0.29) is 13.2 Å². The number of nitriles is 1. The number of fused-ring (bicyclic) bond motifs is 2. The van der Waals surface area contributed by atoms with E-state index < -0.39 is 28.7 Å². The molecule has 0 aromatic heterocycles. The summed E-state index contributed by atoms with van der Waals surface area (Å²) in [7, 11) is 1.76. The maximum absolute atomic E-state index is 13.8. The lowest BCUT2D eigenvalue weighted by Crippen LogP contribution is -2.58. The third kappa shape index (κ3) is 2.75. The van der Waals surface area contributed by atoms with E-state index in [1.807, 2.05) is 26.0 Å². The van der Waals surface area contributed by atoms with Gasteiger partial charge in [-0.1, -0.05) is 47.0 Å². The van der Waals surface area contributed by atoms with Gasteiger partial charge in [-0.2, -0.15) is 5.26 Å². The van der Waals surface area contributed by atoms with E-state index in [0.29, 0.717) is 26.9 Å². The highest BCUT2D eigenvalue weighted by Crippen LogP contribution is 2.62. The molecule has 6 nitrogen and oxygen atoms in total. The van der Waals surface area contributed by atoms with Gasteiger partial charge in [0.15, 0.2) is 11.0 Å². The van der Waals surface area contributed by atoms with Gasteiger partial charge in [0, 0.05) is 23.7 Å². The molecule has 1 spiro atoms. The minimum atomic E-state index is -1.84. The molecule has 8 heteroatoms. The van der Waals surface area contributed by atoms with Gasteiger partial charge in [0.25, 0.3) is 5.91 Å². The monoisotopic (exact) mass is 471 g/mol. The lowest BCUT2D eigenvalue weighted by Gasteiger charge is -2.40. The van der Waals surface area contributed by atoms with Gasteiger partial charge < -0.3 is 10.1 Å². The van der Waals surface area contributed by atoms with Crippen LogP contribution in [0.3, 0.4) is 0 Å². The van der Waals surface area contributed by atoms with Crippen molar-refractivity contribution in [2.45, 2.75) is 32.2 Å². The molecule has 0 radical (unpaired) electrons. The van der Waals surface area contributed by atoms with Crippen LogP contribution in [-0.4, -0.2) is 37.0 Å². The Bertz CT molecular complexity index is 1190. The third-order valence-corrected chi connectivity index (χ3v) is 7.42. The van der Waals surface area contributed by atoms with Crippen molar-refractivity contribution in [3.05, 3.63) is 62.6 Å². The van der Waals surface area contributed by atoms with E-state index >= 15 is 0 Å². The van der Waals surface area contributed by atoms with Gasteiger partial charge in [-0.25, -0.2) is 0 Å². The lowest BCUT2D eigenvalue weighted by atomic mass is 9.61. The fourth-order valence-electron chi connectivity index (χ4n) is 5.44. The van der Waals surface area contributed by atoms with Crippen LogP contribution in [0.5, 0.6) is 0 Å². The molecule has 2 aliphatic heterocycles. The van der Waals surface area contributed by atoms with Crippen LogP contribution >= 0.6 is 23.2 Å². The first kappa shape index (κ1) is 22.6. The second kappa shape index (κ2) is 7.77. The maximum atomic E-state index is 13.8. The number of esters is 1. The highest BCUT2D eigenvalue weighted by molar-refractivity contribution is 6.42. The molecule has 3 atom stereocenters. The fraction of sp³-hybridized carbons (Fsp3) is 0.375. The molecule has 2 aromatic rings. The van der Waals surface area contributed by atoms with Gasteiger partial charge in [-0.05, 0) is 51.1 Å². The van der Waals surface area contributed by atoms with E-state index in [4.69, 9.17) is 27.9 Å². The van der Waals surface area contributed by atoms with Crippen molar-refractivity contribution in [1.29, 1.82) is 5.26 Å². The van der Waals surface area contributed by atoms with Gasteiger partial charge in [-0.15, -0.1) is 0 Å². The molecule has 0 saturated carbocycles. The second-order valence-corrected chi connectivity index (χ2v) is 9.23. The first-order valence-electron chi connectivity index (χ1n) is 10.3. The highest BCUT2D eigenvalue weighted by Gasteiger charge is 2.76. The van der Waals surface area contributed by atoms with Crippen molar-refractivity contribution < 1.29 is 14.3 Å². The summed E-state index contributed by atoms with van der Waals surface area (Å²) in [4.78, 5) is 29.2. The number of amides is 1. The first-order chi connectivity index (χ1) is 15.1. The first-order valence-corrected chi connectivity index (χ1v) is 11.1. The lowest BCUT2D eigenvalue weighted by molar-refractivity contribution is -0.161. The topological polar surface area (TPSA) is 82.4 Å². The number of nitrogens with one attached hydrogen (secondary N) is 1. The molecule has 1 fully saturated rings. The van der Waals surface area contributed by atoms with Gasteiger partial charge in [0.2, 0.25) is 0 Å². The summed E-state index contributed by atoms with van der Waals surface area (Å²) in [6.07, 6.45) is 0. The quantitative estimate of drug-likeness (QED) is 0.663. The van der Waals surface area contributed by atoms with Crippen molar-refractivity contribution in [2.24, 2.45) is 5.41 Å². The van der Waals surface area contributed by atoms with Crippen LogP contribution in [0.2, 0.25) is 10.0 Å². The highest BCUT2D eigenvalue weighted by atomic mass is 35.5. The summed E-state index contributed by atoms with van der Waals surface area (Å²) in [5.74, 6) is -1.82. The van der Waals surface area contributed by atoms with Crippen LogP contribution in [0.1, 0.15) is 35.1 Å². The Hall–Kier alpha value is -2.59. The SMILES string of the molecule is CCOC(=O)[C@]1(C#N)[C@@H](c2ccc(Cl)c(Cl)c2)CN(C)[C@@]12C(=O)Nc1c(C)cc(C)cc12. The Kier molecular flexibility index (Phi) is 5.49. The number of benzene rings is 2. The molecule has 0 aliphatic carbocycles. The van der Waals surface area contributed by atoms with E-state index in [0.717, 1.165) is 11.1 Å². The maximum Gasteiger partial charge on any atom is 0.330 e. The number of likely N-dealkylation sites (N-methyl/N-ethyl adjacent to an activating group) is 1. The predicted molar refractivity (Wildman–Crippen MR) is 123 cm³/mol. The van der Waals surface area contributed by atoms with Crippen LogP contribution in [0.15, 0.2) is 30.3 Å². The van der Waals surface area contributed by atoms with E-state index in [2.05, 4.69) is 11.4 Å².